The van der Waals surface area contributed by atoms with Crippen LogP contribution >= 0.6 is 0 Å². The van der Waals surface area contributed by atoms with Gasteiger partial charge in [0.05, 0.1) is 5.69 Å². The Kier molecular flexibility index (Phi) is 3.36. The van der Waals surface area contributed by atoms with Crippen LogP contribution in [0.4, 0.5) is 8.78 Å². The molecule has 0 saturated heterocycles. The highest BCUT2D eigenvalue weighted by Crippen LogP contribution is 2.45. The van der Waals surface area contributed by atoms with Crippen LogP contribution in [0.15, 0.2) is 12.3 Å². The van der Waals surface area contributed by atoms with Crippen LogP contribution < -0.4 is 0 Å². The summed E-state index contributed by atoms with van der Waals surface area (Å²) >= 11 is 0. The van der Waals surface area contributed by atoms with Gasteiger partial charge in [0.1, 0.15) is 5.41 Å². The van der Waals surface area contributed by atoms with Crippen LogP contribution in [0.3, 0.4) is 0 Å². The molecule has 2 rings (SSSR count). The van der Waals surface area contributed by atoms with E-state index in [0.717, 1.165) is 0 Å². The maximum atomic E-state index is 13.3. The summed E-state index contributed by atoms with van der Waals surface area (Å²) in [6, 6.07) is 1.64. The van der Waals surface area contributed by atoms with Gasteiger partial charge in [0, 0.05) is 25.1 Å². The summed E-state index contributed by atoms with van der Waals surface area (Å²) in [5.74, 6) is -3.79. The van der Waals surface area contributed by atoms with Gasteiger partial charge in [-0.25, -0.2) is 8.78 Å². The van der Waals surface area contributed by atoms with Crippen molar-refractivity contribution in [1.29, 1.82) is 0 Å². The van der Waals surface area contributed by atoms with Crippen LogP contribution in [-0.4, -0.2) is 26.8 Å². The lowest BCUT2D eigenvalue weighted by Gasteiger charge is -2.37. The number of hydrogen-bond acceptors (Lipinski definition) is 2. The smallest absolute Gasteiger partial charge is 0.315 e. The van der Waals surface area contributed by atoms with Gasteiger partial charge >= 0.3 is 5.97 Å². The van der Waals surface area contributed by atoms with Crippen LogP contribution in [0.5, 0.6) is 0 Å². The second kappa shape index (κ2) is 4.58. The van der Waals surface area contributed by atoms with E-state index in [9.17, 15) is 18.7 Å². The monoisotopic (exact) mass is 272 g/mol. The van der Waals surface area contributed by atoms with E-state index in [2.05, 4.69) is 5.10 Å². The van der Waals surface area contributed by atoms with Gasteiger partial charge in [-0.15, -0.1) is 0 Å². The zero-order valence-corrected chi connectivity index (χ0v) is 11.1. The lowest BCUT2D eigenvalue weighted by molar-refractivity contribution is -0.149. The molecule has 1 aromatic rings. The van der Waals surface area contributed by atoms with Gasteiger partial charge in [0.15, 0.2) is 0 Å². The first-order valence-electron chi connectivity index (χ1n) is 6.44. The Morgan fingerprint density at radius 2 is 1.95 bits per heavy atom. The third kappa shape index (κ3) is 2.35. The molecule has 0 atom stereocenters. The first-order chi connectivity index (χ1) is 8.78. The van der Waals surface area contributed by atoms with Crippen LogP contribution in [0.25, 0.3) is 0 Å². The highest BCUT2D eigenvalue weighted by Gasteiger charge is 2.50. The van der Waals surface area contributed by atoms with Crippen molar-refractivity contribution in [1.82, 2.24) is 9.78 Å². The molecule has 4 nitrogen and oxygen atoms in total. The third-order valence-corrected chi connectivity index (χ3v) is 3.89. The number of aliphatic carboxylic acids is 1. The summed E-state index contributed by atoms with van der Waals surface area (Å²) in [5, 5.41) is 13.7. The topological polar surface area (TPSA) is 55.1 Å². The normalized spacial score (nSPS) is 21.5. The van der Waals surface area contributed by atoms with Crippen molar-refractivity contribution in [2.75, 3.05) is 0 Å². The quantitative estimate of drug-likeness (QED) is 0.920. The molecule has 1 fully saturated rings. The zero-order valence-electron chi connectivity index (χ0n) is 11.1. The Bertz CT molecular complexity index is 473. The maximum absolute atomic E-state index is 13.3. The van der Waals surface area contributed by atoms with Crippen molar-refractivity contribution in [3.05, 3.63) is 18.0 Å². The molecule has 1 aromatic heterocycles. The van der Waals surface area contributed by atoms with E-state index in [0.29, 0.717) is 5.69 Å². The van der Waals surface area contributed by atoms with Crippen LogP contribution in [0, 0.1) is 0 Å². The molecule has 1 aliphatic rings. The van der Waals surface area contributed by atoms with E-state index in [4.69, 9.17) is 0 Å². The molecule has 1 N–H and O–H groups in total. The van der Waals surface area contributed by atoms with Gasteiger partial charge in [0.2, 0.25) is 5.92 Å². The van der Waals surface area contributed by atoms with Crippen molar-refractivity contribution in [3.8, 4) is 0 Å². The zero-order chi connectivity index (χ0) is 14.3. The predicted molar refractivity (Wildman–Crippen MR) is 65.3 cm³/mol. The summed E-state index contributed by atoms with van der Waals surface area (Å²) in [7, 11) is 0. The Morgan fingerprint density at radius 3 is 2.42 bits per heavy atom. The molecule has 19 heavy (non-hydrogen) atoms. The molecule has 1 heterocycles. The number of alkyl halides is 2. The van der Waals surface area contributed by atoms with E-state index in [1.165, 1.54) is 6.20 Å². The fraction of sp³-hybridized carbons (Fsp3) is 0.692. The Balaban J connectivity index is 2.41. The van der Waals surface area contributed by atoms with Crippen LogP contribution in [0.1, 0.15) is 51.3 Å². The number of nitrogens with zero attached hydrogens (tertiary/aromatic N) is 2. The third-order valence-electron chi connectivity index (χ3n) is 3.89. The molecule has 0 spiro atoms. The van der Waals surface area contributed by atoms with Crippen molar-refractivity contribution < 1.29 is 18.7 Å². The lowest BCUT2D eigenvalue weighted by atomic mass is 9.70. The molecular weight excluding hydrogens is 254 g/mol. The maximum Gasteiger partial charge on any atom is 0.315 e. The first-order valence-corrected chi connectivity index (χ1v) is 6.44. The first kappa shape index (κ1) is 14.0. The number of rotatable bonds is 3. The number of aromatic nitrogens is 2. The molecule has 0 unspecified atom stereocenters. The highest BCUT2D eigenvalue weighted by molar-refractivity contribution is 5.81. The summed E-state index contributed by atoms with van der Waals surface area (Å²) in [6.07, 6.45) is 0.666. The second-order valence-electron chi connectivity index (χ2n) is 5.50. The largest absolute Gasteiger partial charge is 0.481 e. The van der Waals surface area contributed by atoms with Gasteiger partial charge in [0.25, 0.3) is 0 Å². The fourth-order valence-electron chi connectivity index (χ4n) is 2.73. The van der Waals surface area contributed by atoms with Crippen molar-refractivity contribution in [3.63, 3.8) is 0 Å². The molecule has 6 heteroatoms. The van der Waals surface area contributed by atoms with Crippen molar-refractivity contribution in [2.24, 2.45) is 0 Å². The van der Waals surface area contributed by atoms with Gasteiger partial charge < -0.3 is 5.11 Å². The Hall–Kier alpha value is -1.46. The standard InChI is InChI=1S/C13H18F2N2O2/c1-9(2)17-10(3-8-16-17)12(11(18)19)4-6-13(14,15)7-5-12/h3,8-9H,4-7H2,1-2H3,(H,18,19). The summed E-state index contributed by atoms with van der Waals surface area (Å²) in [4.78, 5) is 11.7. The van der Waals surface area contributed by atoms with Crippen LogP contribution in [-0.2, 0) is 10.2 Å². The number of halogens is 2. The Morgan fingerprint density at radius 1 is 1.37 bits per heavy atom. The number of carboxylic acids is 1. The molecule has 0 amide bonds. The van der Waals surface area contributed by atoms with E-state index < -0.39 is 17.3 Å². The average Bonchev–Trinajstić information content (AvgIpc) is 2.78. The number of carbonyl (C=O) groups is 1. The van der Waals surface area contributed by atoms with Gasteiger partial charge in [-0.1, -0.05) is 0 Å². The minimum Gasteiger partial charge on any atom is -0.481 e. The minimum absolute atomic E-state index is 0.00339. The second-order valence-corrected chi connectivity index (χ2v) is 5.50. The molecule has 0 aromatic carbocycles. The highest BCUT2D eigenvalue weighted by atomic mass is 19.3. The van der Waals surface area contributed by atoms with E-state index in [1.54, 1.807) is 10.7 Å². The molecule has 106 valence electrons. The van der Waals surface area contributed by atoms with Crippen LogP contribution in [0.2, 0.25) is 0 Å². The average molecular weight is 272 g/mol. The molecule has 0 bridgehead atoms. The molecule has 1 aliphatic carbocycles. The predicted octanol–water partition coefficient (Wildman–Crippen LogP) is 3.00. The minimum atomic E-state index is -2.75. The van der Waals surface area contributed by atoms with Crippen molar-refractivity contribution in [2.45, 2.75) is 56.9 Å². The molecular formula is C13H18F2N2O2. The Labute approximate surface area is 110 Å². The van der Waals surface area contributed by atoms with Gasteiger partial charge in [-0.3, -0.25) is 9.48 Å². The summed E-state index contributed by atoms with van der Waals surface area (Å²) in [6.45, 7) is 3.78. The fourth-order valence-corrected chi connectivity index (χ4v) is 2.73. The summed E-state index contributed by atoms with van der Waals surface area (Å²) in [5.41, 5.74) is -0.701. The van der Waals surface area contributed by atoms with Gasteiger partial charge in [-0.05, 0) is 32.8 Å². The molecule has 0 radical (unpaired) electrons. The number of hydrogen-bond donors (Lipinski definition) is 1. The molecule has 0 aliphatic heterocycles. The van der Waals surface area contributed by atoms with E-state index in [-0.39, 0.29) is 31.7 Å². The number of carboxylic acid groups (broad SMARTS) is 1. The molecule has 1 saturated carbocycles. The van der Waals surface area contributed by atoms with E-state index in [1.807, 2.05) is 13.8 Å². The lowest BCUT2D eigenvalue weighted by Crippen LogP contribution is -2.44. The van der Waals surface area contributed by atoms with E-state index >= 15 is 0 Å². The SMILES string of the molecule is CC(C)n1nccc1C1(C(=O)O)CCC(F)(F)CC1. The summed E-state index contributed by atoms with van der Waals surface area (Å²) < 4.78 is 28.2. The van der Waals surface area contributed by atoms with Gasteiger partial charge in [-0.2, -0.15) is 5.10 Å². The van der Waals surface area contributed by atoms with Crippen molar-refractivity contribution >= 4 is 5.97 Å².